The topological polar surface area (TPSA) is 81.8 Å². The average Bonchev–Trinajstić information content (AvgIpc) is 2.41. The number of rotatable bonds is 4. The number of ether oxygens (including phenoxy) is 2. The lowest BCUT2D eigenvalue weighted by molar-refractivity contribution is -0.385. The fourth-order valence-electron chi connectivity index (χ4n) is 1.52. The average molecular weight is 261 g/mol. The van der Waals surface area contributed by atoms with Crippen LogP contribution in [-0.4, -0.2) is 17.1 Å². The SMILES string of the molecule is COc1ccc(Oc2ccccc2O)c([N+](=O)[O-])c1. The molecule has 0 aromatic heterocycles. The number of nitro benzene ring substituents is 1. The van der Waals surface area contributed by atoms with Crippen LogP contribution in [-0.2, 0) is 0 Å². The molecule has 2 aromatic carbocycles. The summed E-state index contributed by atoms with van der Waals surface area (Å²) in [4.78, 5) is 10.4. The van der Waals surface area contributed by atoms with Gasteiger partial charge in [0, 0.05) is 0 Å². The second kappa shape index (κ2) is 5.26. The van der Waals surface area contributed by atoms with Crippen molar-refractivity contribution in [1.82, 2.24) is 0 Å². The van der Waals surface area contributed by atoms with E-state index in [0.29, 0.717) is 5.75 Å². The van der Waals surface area contributed by atoms with Gasteiger partial charge in [0.25, 0.3) is 0 Å². The maximum Gasteiger partial charge on any atom is 0.315 e. The van der Waals surface area contributed by atoms with Crippen LogP contribution in [0.4, 0.5) is 5.69 Å². The summed E-state index contributed by atoms with van der Waals surface area (Å²) in [6.07, 6.45) is 0. The molecule has 0 heterocycles. The molecule has 0 aliphatic rings. The van der Waals surface area contributed by atoms with E-state index >= 15 is 0 Å². The van der Waals surface area contributed by atoms with Gasteiger partial charge >= 0.3 is 5.69 Å². The van der Waals surface area contributed by atoms with Crippen molar-refractivity contribution in [2.45, 2.75) is 0 Å². The predicted molar refractivity (Wildman–Crippen MR) is 67.8 cm³/mol. The molecule has 0 atom stereocenters. The Morgan fingerprint density at radius 3 is 2.53 bits per heavy atom. The standard InChI is InChI=1S/C13H11NO5/c1-18-9-6-7-12(10(8-9)14(16)17)19-13-5-3-2-4-11(13)15/h2-8,15H,1H3. The Kier molecular flexibility index (Phi) is 3.51. The zero-order valence-electron chi connectivity index (χ0n) is 10.1. The number of phenolic OH excluding ortho intramolecular Hbond substituents is 1. The third-order valence-corrected chi connectivity index (χ3v) is 2.45. The molecule has 0 radical (unpaired) electrons. The molecular weight excluding hydrogens is 250 g/mol. The number of hydrogen-bond acceptors (Lipinski definition) is 5. The molecule has 6 nitrogen and oxygen atoms in total. The van der Waals surface area contributed by atoms with E-state index in [4.69, 9.17) is 9.47 Å². The molecule has 0 bridgehead atoms. The summed E-state index contributed by atoms with van der Waals surface area (Å²) in [7, 11) is 1.42. The van der Waals surface area contributed by atoms with Gasteiger partial charge in [0.15, 0.2) is 11.5 Å². The largest absolute Gasteiger partial charge is 0.504 e. The number of nitrogens with zero attached hydrogens (tertiary/aromatic N) is 1. The van der Waals surface area contributed by atoms with E-state index in [2.05, 4.69) is 0 Å². The molecule has 0 fully saturated rings. The minimum Gasteiger partial charge on any atom is -0.504 e. The van der Waals surface area contributed by atoms with Crippen LogP contribution in [0.25, 0.3) is 0 Å². The maximum absolute atomic E-state index is 11.0. The Morgan fingerprint density at radius 1 is 1.16 bits per heavy atom. The van der Waals surface area contributed by atoms with Crippen LogP contribution in [0.2, 0.25) is 0 Å². The monoisotopic (exact) mass is 261 g/mol. The van der Waals surface area contributed by atoms with Gasteiger partial charge in [-0.25, -0.2) is 0 Å². The van der Waals surface area contributed by atoms with Crippen LogP contribution in [0.1, 0.15) is 0 Å². The Bertz CT molecular complexity index is 612. The van der Waals surface area contributed by atoms with Crippen LogP contribution < -0.4 is 9.47 Å². The van der Waals surface area contributed by atoms with Gasteiger partial charge in [-0.3, -0.25) is 10.1 Å². The minimum atomic E-state index is -0.572. The van der Waals surface area contributed by atoms with Crippen molar-refractivity contribution in [2.75, 3.05) is 7.11 Å². The summed E-state index contributed by atoms with van der Waals surface area (Å²) in [6, 6.07) is 10.5. The summed E-state index contributed by atoms with van der Waals surface area (Å²) in [5.74, 6) is 0.451. The molecule has 2 aromatic rings. The molecule has 0 spiro atoms. The Balaban J connectivity index is 2.40. The van der Waals surface area contributed by atoms with Gasteiger partial charge in [0.05, 0.1) is 18.1 Å². The molecule has 0 saturated carbocycles. The molecular formula is C13H11NO5. The third-order valence-electron chi connectivity index (χ3n) is 2.45. The van der Waals surface area contributed by atoms with Gasteiger partial charge in [-0.2, -0.15) is 0 Å². The lowest BCUT2D eigenvalue weighted by atomic mass is 10.2. The third kappa shape index (κ3) is 2.74. The van der Waals surface area contributed by atoms with E-state index in [-0.39, 0.29) is 22.9 Å². The Labute approximate surface area is 109 Å². The molecule has 0 unspecified atom stereocenters. The van der Waals surface area contributed by atoms with Gasteiger partial charge in [-0.05, 0) is 24.3 Å². The number of methoxy groups -OCH3 is 1. The van der Waals surface area contributed by atoms with Gasteiger partial charge in [0.2, 0.25) is 5.75 Å². The number of aromatic hydroxyl groups is 1. The fraction of sp³-hybridized carbons (Fsp3) is 0.0769. The zero-order valence-corrected chi connectivity index (χ0v) is 10.1. The van der Waals surface area contributed by atoms with E-state index in [1.54, 1.807) is 18.2 Å². The van der Waals surface area contributed by atoms with Crippen molar-refractivity contribution in [3.8, 4) is 23.0 Å². The molecule has 1 N–H and O–H groups in total. The van der Waals surface area contributed by atoms with Crippen molar-refractivity contribution >= 4 is 5.69 Å². The quantitative estimate of drug-likeness (QED) is 0.675. The smallest absolute Gasteiger partial charge is 0.315 e. The highest BCUT2D eigenvalue weighted by molar-refractivity contribution is 5.53. The van der Waals surface area contributed by atoms with Crippen molar-refractivity contribution in [3.63, 3.8) is 0 Å². The van der Waals surface area contributed by atoms with Crippen LogP contribution in [0.3, 0.4) is 0 Å². The van der Waals surface area contributed by atoms with Crippen molar-refractivity contribution in [2.24, 2.45) is 0 Å². The summed E-state index contributed by atoms with van der Waals surface area (Å²) in [6.45, 7) is 0. The van der Waals surface area contributed by atoms with Crippen LogP contribution in [0, 0.1) is 10.1 Å². The summed E-state index contributed by atoms with van der Waals surface area (Å²) >= 11 is 0. The van der Waals surface area contributed by atoms with Crippen LogP contribution in [0.15, 0.2) is 42.5 Å². The van der Waals surface area contributed by atoms with Crippen molar-refractivity contribution < 1.29 is 19.5 Å². The summed E-state index contributed by atoms with van der Waals surface area (Å²) in [5.41, 5.74) is -0.234. The molecule has 0 aliphatic carbocycles. The van der Waals surface area contributed by atoms with Gasteiger partial charge in [-0.15, -0.1) is 0 Å². The number of nitro groups is 1. The van der Waals surface area contributed by atoms with Crippen molar-refractivity contribution in [3.05, 3.63) is 52.6 Å². The van der Waals surface area contributed by atoms with E-state index in [1.807, 2.05) is 0 Å². The second-order valence-corrected chi connectivity index (χ2v) is 3.66. The lowest BCUT2D eigenvalue weighted by Gasteiger charge is -2.08. The normalized spacial score (nSPS) is 9.95. The van der Waals surface area contributed by atoms with Crippen molar-refractivity contribution in [1.29, 1.82) is 0 Å². The first-order chi connectivity index (χ1) is 9.11. The number of hydrogen-bond donors (Lipinski definition) is 1. The van der Waals surface area contributed by atoms with Crippen LogP contribution >= 0.6 is 0 Å². The van der Waals surface area contributed by atoms with Gasteiger partial charge < -0.3 is 14.6 Å². The molecule has 2 rings (SSSR count). The first-order valence-electron chi connectivity index (χ1n) is 5.40. The van der Waals surface area contributed by atoms with E-state index in [9.17, 15) is 15.2 Å². The fourth-order valence-corrected chi connectivity index (χ4v) is 1.52. The summed E-state index contributed by atoms with van der Waals surface area (Å²) < 4.78 is 10.3. The molecule has 98 valence electrons. The lowest BCUT2D eigenvalue weighted by Crippen LogP contribution is -1.94. The van der Waals surface area contributed by atoms with Gasteiger partial charge in [0.1, 0.15) is 5.75 Å². The first-order valence-corrected chi connectivity index (χ1v) is 5.40. The molecule has 0 aliphatic heterocycles. The number of benzene rings is 2. The highest BCUT2D eigenvalue weighted by atomic mass is 16.6. The van der Waals surface area contributed by atoms with E-state index < -0.39 is 4.92 Å². The van der Waals surface area contributed by atoms with Gasteiger partial charge in [-0.1, -0.05) is 12.1 Å². The first kappa shape index (κ1) is 12.7. The molecule has 19 heavy (non-hydrogen) atoms. The Morgan fingerprint density at radius 2 is 1.89 bits per heavy atom. The molecule has 6 heteroatoms. The predicted octanol–water partition coefficient (Wildman–Crippen LogP) is 3.10. The summed E-state index contributed by atoms with van der Waals surface area (Å²) in [5, 5.41) is 20.6. The number of para-hydroxylation sites is 2. The molecule has 0 amide bonds. The minimum absolute atomic E-state index is 0.0345. The zero-order chi connectivity index (χ0) is 13.8. The van der Waals surface area contributed by atoms with Crippen LogP contribution in [0.5, 0.6) is 23.0 Å². The highest BCUT2D eigenvalue weighted by Crippen LogP contribution is 2.37. The Hall–Kier alpha value is -2.76. The van der Waals surface area contributed by atoms with E-state index in [1.165, 1.54) is 31.4 Å². The second-order valence-electron chi connectivity index (χ2n) is 3.66. The highest BCUT2D eigenvalue weighted by Gasteiger charge is 2.18. The number of phenols is 1. The maximum atomic E-state index is 11.0. The molecule has 0 saturated heterocycles. The van der Waals surface area contributed by atoms with E-state index in [0.717, 1.165) is 0 Å².